The molecule has 0 spiro atoms. The molecule has 0 heterocycles. The molecule has 0 aliphatic carbocycles. The van der Waals surface area contributed by atoms with E-state index in [1.807, 2.05) is 0 Å². The van der Waals surface area contributed by atoms with Gasteiger partial charge in [-0.3, -0.25) is 15.4 Å². The van der Waals surface area contributed by atoms with Gasteiger partial charge in [0.1, 0.15) is 12.3 Å². The maximum Gasteiger partial charge on any atom is 0.411 e. The van der Waals surface area contributed by atoms with Crippen molar-refractivity contribution >= 4 is 29.1 Å². The first-order chi connectivity index (χ1) is 8.04. The van der Waals surface area contributed by atoms with Crippen molar-refractivity contribution in [3.8, 4) is 0 Å². The van der Waals surface area contributed by atoms with Crippen LogP contribution in [0.3, 0.4) is 0 Å². The topological polar surface area (TPSA) is 81.5 Å². The third-order valence-corrected chi connectivity index (χ3v) is 2.05. The molecule has 0 atom stereocenters. The number of amides is 1. The number of hydrogen-bond acceptors (Lipinski definition) is 4. The van der Waals surface area contributed by atoms with Crippen molar-refractivity contribution in [2.24, 2.45) is 0 Å². The van der Waals surface area contributed by atoms with Crippen molar-refractivity contribution in [3.05, 3.63) is 33.9 Å². The van der Waals surface area contributed by atoms with Gasteiger partial charge >= 0.3 is 6.09 Å². The second kappa shape index (κ2) is 6.05. The summed E-state index contributed by atoms with van der Waals surface area (Å²) in [6.45, 7) is 1.77. The van der Waals surface area contributed by atoms with Crippen LogP contribution >= 0.6 is 11.6 Å². The first-order valence-corrected chi connectivity index (χ1v) is 5.33. The lowest BCUT2D eigenvalue weighted by Gasteiger charge is -2.06. The van der Waals surface area contributed by atoms with E-state index in [0.29, 0.717) is 0 Å². The molecule has 1 aromatic carbocycles. The van der Waals surface area contributed by atoms with Crippen LogP contribution in [0.2, 0.25) is 0 Å². The predicted molar refractivity (Wildman–Crippen MR) is 63.5 cm³/mol. The second-order valence-electron chi connectivity index (χ2n) is 3.23. The molecule has 0 aromatic heterocycles. The molecule has 0 aliphatic heterocycles. The first kappa shape index (κ1) is 13.2. The lowest BCUT2D eigenvalue weighted by Crippen LogP contribution is -2.15. The number of alkyl halides is 1. The molecular weight excluding hydrogens is 248 g/mol. The first-order valence-electron chi connectivity index (χ1n) is 4.79. The van der Waals surface area contributed by atoms with E-state index in [1.54, 1.807) is 13.0 Å². The molecule has 0 saturated carbocycles. The van der Waals surface area contributed by atoms with E-state index in [-0.39, 0.29) is 23.9 Å². The molecule has 0 radical (unpaired) electrons. The predicted octanol–water partition coefficient (Wildman–Crippen LogP) is 2.69. The van der Waals surface area contributed by atoms with Gasteiger partial charge in [-0.05, 0) is 18.6 Å². The molecule has 1 amide bonds. The number of nitrogens with zero attached hydrogens (tertiary/aromatic N) is 1. The molecule has 17 heavy (non-hydrogen) atoms. The highest BCUT2D eigenvalue weighted by Gasteiger charge is 2.16. The molecule has 0 saturated heterocycles. The average molecular weight is 259 g/mol. The SMILES string of the molecule is Cc1ccc(NC(=O)OCCCl)c([N+](=O)[O-])c1. The van der Waals surface area contributed by atoms with Gasteiger partial charge in [0.2, 0.25) is 0 Å². The van der Waals surface area contributed by atoms with Crippen LogP contribution < -0.4 is 5.32 Å². The summed E-state index contributed by atoms with van der Waals surface area (Å²) < 4.78 is 4.66. The number of carbonyl (C=O) groups is 1. The smallest absolute Gasteiger partial charge is 0.411 e. The maximum atomic E-state index is 11.2. The van der Waals surface area contributed by atoms with Crippen molar-refractivity contribution in [3.63, 3.8) is 0 Å². The zero-order chi connectivity index (χ0) is 12.8. The molecule has 0 aliphatic rings. The summed E-state index contributed by atoms with van der Waals surface area (Å²) in [5, 5.41) is 13.1. The summed E-state index contributed by atoms with van der Waals surface area (Å²) in [6.07, 6.45) is -0.766. The highest BCUT2D eigenvalue weighted by atomic mass is 35.5. The number of nitro benzene ring substituents is 1. The van der Waals surface area contributed by atoms with Gasteiger partial charge in [0, 0.05) is 6.07 Å². The van der Waals surface area contributed by atoms with E-state index in [0.717, 1.165) is 5.56 Å². The van der Waals surface area contributed by atoms with Crippen LogP contribution in [0.5, 0.6) is 0 Å². The zero-order valence-corrected chi connectivity index (χ0v) is 9.86. The molecule has 0 bridgehead atoms. The summed E-state index contributed by atoms with van der Waals surface area (Å²) >= 11 is 5.34. The molecule has 1 rings (SSSR count). The average Bonchev–Trinajstić information content (AvgIpc) is 2.28. The molecule has 6 nitrogen and oxygen atoms in total. The molecule has 7 heteroatoms. The number of nitro groups is 1. The van der Waals surface area contributed by atoms with Crippen LogP contribution in [-0.4, -0.2) is 23.5 Å². The Labute approximate surface area is 103 Å². The number of aryl methyl sites for hydroxylation is 1. The summed E-state index contributed by atoms with van der Waals surface area (Å²) in [4.78, 5) is 21.4. The summed E-state index contributed by atoms with van der Waals surface area (Å²) in [5.41, 5.74) is 0.657. The zero-order valence-electron chi connectivity index (χ0n) is 9.10. The Morgan fingerprint density at radius 2 is 2.29 bits per heavy atom. The Balaban J connectivity index is 2.83. The van der Waals surface area contributed by atoms with Gasteiger partial charge in [-0.25, -0.2) is 4.79 Å². The van der Waals surface area contributed by atoms with E-state index in [1.165, 1.54) is 12.1 Å². The van der Waals surface area contributed by atoms with Crippen LogP contribution in [0.25, 0.3) is 0 Å². The number of hydrogen-bond donors (Lipinski definition) is 1. The Morgan fingerprint density at radius 1 is 1.59 bits per heavy atom. The third-order valence-electron chi connectivity index (χ3n) is 1.90. The summed E-state index contributed by atoms with van der Waals surface area (Å²) in [6, 6.07) is 4.48. The largest absolute Gasteiger partial charge is 0.448 e. The third kappa shape index (κ3) is 3.92. The number of anilines is 1. The minimum absolute atomic E-state index is 0.0487. The van der Waals surface area contributed by atoms with Gasteiger partial charge in [0.15, 0.2) is 0 Å². The van der Waals surface area contributed by atoms with Crippen molar-refractivity contribution in [2.45, 2.75) is 6.92 Å². The van der Waals surface area contributed by atoms with E-state index in [4.69, 9.17) is 11.6 Å². The normalized spacial score (nSPS) is 9.76. The van der Waals surface area contributed by atoms with Crippen LogP contribution in [0.15, 0.2) is 18.2 Å². The maximum absolute atomic E-state index is 11.2. The lowest BCUT2D eigenvalue weighted by atomic mass is 10.2. The molecule has 0 fully saturated rings. The van der Waals surface area contributed by atoms with Gasteiger partial charge in [-0.2, -0.15) is 0 Å². The number of nitrogens with one attached hydrogen (secondary N) is 1. The molecule has 92 valence electrons. The van der Waals surface area contributed by atoms with Gasteiger partial charge < -0.3 is 4.74 Å². The minimum atomic E-state index is -0.766. The van der Waals surface area contributed by atoms with Crippen LogP contribution in [-0.2, 0) is 4.74 Å². The fraction of sp³-hybridized carbons (Fsp3) is 0.300. The lowest BCUT2D eigenvalue weighted by molar-refractivity contribution is -0.384. The molecule has 1 N–H and O–H groups in total. The van der Waals surface area contributed by atoms with Crippen molar-refractivity contribution in [2.75, 3.05) is 17.8 Å². The fourth-order valence-corrected chi connectivity index (χ4v) is 1.25. The Kier molecular flexibility index (Phi) is 4.71. The van der Waals surface area contributed by atoms with Gasteiger partial charge in [0.05, 0.1) is 10.8 Å². The highest BCUT2D eigenvalue weighted by molar-refractivity contribution is 6.18. The molecule has 1 aromatic rings. The van der Waals surface area contributed by atoms with E-state index in [2.05, 4.69) is 10.1 Å². The number of carbonyl (C=O) groups excluding carboxylic acids is 1. The number of halogens is 1. The van der Waals surface area contributed by atoms with Crippen molar-refractivity contribution in [1.29, 1.82) is 0 Å². The Hall–Kier alpha value is -1.82. The Morgan fingerprint density at radius 3 is 2.88 bits per heavy atom. The van der Waals surface area contributed by atoms with Crippen LogP contribution in [0, 0.1) is 17.0 Å². The highest BCUT2D eigenvalue weighted by Crippen LogP contribution is 2.25. The quantitative estimate of drug-likeness (QED) is 0.511. The van der Waals surface area contributed by atoms with E-state index in [9.17, 15) is 14.9 Å². The standard InChI is InChI=1S/C10H11ClN2O4/c1-7-2-3-8(9(6-7)13(15)16)12-10(14)17-5-4-11/h2-3,6H,4-5H2,1H3,(H,12,14). The molecular formula is C10H11ClN2O4. The van der Waals surface area contributed by atoms with Gasteiger partial charge in [-0.15, -0.1) is 11.6 Å². The Bertz CT molecular complexity index is 436. The summed E-state index contributed by atoms with van der Waals surface area (Å²) in [5.74, 6) is 0.170. The summed E-state index contributed by atoms with van der Waals surface area (Å²) in [7, 11) is 0. The van der Waals surface area contributed by atoms with E-state index < -0.39 is 11.0 Å². The number of rotatable bonds is 4. The van der Waals surface area contributed by atoms with Crippen LogP contribution in [0.1, 0.15) is 5.56 Å². The van der Waals surface area contributed by atoms with Crippen molar-refractivity contribution < 1.29 is 14.5 Å². The minimum Gasteiger partial charge on any atom is -0.448 e. The van der Waals surface area contributed by atoms with Gasteiger partial charge in [-0.1, -0.05) is 6.07 Å². The monoisotopic (exact) mass is 258 g/mol. The van der Waals surface area contributed by atoms with Crippen molar-refractivity contribution in [1.82, 2.24) is 0 Å². The number of benzene rings is 1. The molecule has 0 unspecified atom stereocenters. The van der Waals surface area contributed by atoms with Gasteiger partial charge in [0.25, 0.3) is 5.69 Å². The second-order valence-corrected chi connectivity index (χ2v) is 3.61. The van der Waals surface area contributed by atoms with Crippen LogP contribution in [0.4, 0.5) is 16.2 Å². The number of ether oxygens (including phenoxy) is 1. The fourth-order valence-electron chi connectivity index (χ4n) is 1.18. The van der Waals surface area contributed by atoms with E-state index >= 15 is 0 Å².